The largest absolute Gasteiger partial charge is 0.342 e. The normalized spacial score (nSPS) is 16.8. The maximum atomic E-state index is 12.2. The Hall–Kier alpha value is -1.38. The molecule has 114 valence electrons. The van der Waals surface area contributed by atoms with Gasteiger partial charge in [-0.25, -0.2) is 0 Å². The molecule has 0 unspecified atom stereocenters. The van der Waals surface area contributed by atoms with E-state index in [0.717, 1.165) is 37.4 Å². The van der Waals surface area contributed by atoms with Crippen LogP contribution in [-0.4, -0.2) is 29.9 Å². The number of thiophene rings is 1. The molecule has 1 N–H and O–H groups in total. The molecule has 2 heterocycles. The van der Waals surface area contributed by atoms with E-state index in [4.69, 9.17) is 5.26 Å². The zero-order valence-electron chi connectivity index (χ0n) is 13.0. The lowest BCUT2D eigenvalue weighted by Gasteiger charge is -2.36. The molecule has 1 aliphatic heterocycles. The van der Waals surface area contributed by atoms with Crippen molar-refractivity contribution >= 4 is 17.2 Å². The predicted octanol–water partition coefficient (Wildman–Crippen LogP) is 2.75. The molecule has 1 fully saturated rings. The number of carbonyl (C=O) groups is 1. The second kappa shape index (κ2) is 6.59. The van der Waals surface area contributed by atoms with Crippen molar-refractivity contribution in [3.05, 3.63) is 21.9 Å². The summed E-state index contributed by atoms with van der Waals surface area (Å²) in [5, 5.41) is 12.4. The first-order chi connectivity index (χ1) is 9.90. The van der Waals surface area contributed by atoms with E-state index in [0.29, 0.717) is 6.04 Å². The Labute approximate surface area is 130 Å². The van der Waals surface area contributed by atoms with Crippen LogP contribution in [0.15, 0.2) is 12.1 Å². The average molecular weight is 305 g/mol. The lowest BCUT2D eigenvalue weighted by Crippen LogP contribution is -2.48. The van der Waals surface area contributed by atoms with Crippen LogP contribution >= 0.6 is 11.3 Å². The lowest BCUT2D eigenvalue weighted by atomic mass is 9.93. The number of nitriles is 1. The zero-order chi connectivity index (χ0) is 15.5. The second-order valence-corrected chi connectivity index (χ2v) is 7.74. The number of hydrogen-bond donors (Lipinski definition) is 1. The third-order valence-corrected chi connectivity index (χ3v) is 4.75. The molecule has 1 saturated heterocycles. The highest BCUT2D eigenvalue weighted by Crippen LogP contribution is 2.21. The quantitative estimate of drug-likeness (QED) is 0.934. The van der Waals surface area contributed by atoms with Crippen molar-refractivity contribution in [3.8, 4) is 6.07 Å². The van der Waals surface area contributed by atoms with E-state index < -0.39 is 0 Å². The summed E-state index contributed by atoms with van der Waals surface area (Å²) in [7, 11) is 0. The summed E-state index contributed by atoms with van der Waals surface area (Å²) in [4.78, 5) is 16.2. The molecule has 1 aromatic rings. The molecular formula is C16H23N3OS. The number of nitrogens with one attached hydrogen (secondary N) is 1. The SMILES string of the molecule is CC(C)(C)C(=O)N1CCC(NCc2ccc(C#N)s2)CC1. The van der Waals surface area contributed by atoms with Crippen molar-refractivity contribution in [2.24, 2.45) is 5.41 Å². The van der Waals surface area contributed by atoms with Crippen molar-refractivity contribution < 1.29 is 4.79 Å². The van der Waals surface area contributed by atoms with E-state index in [-0.39, 0.29) is 11.3 Å². The van der Waals surface area contributed by atoms with Crippen LogP contribution in [0.5, 0.6) is 0 Å². The molecule has 0 radical (unpaired) electrons. The fourth-order valence-corrected chi connectivity index (χ4v) is 3.29. The van der Waals surface area contributed by atoms with E-state index >= 15 is 0 Å². The van der Waals surface area contributed by atoms with Gasteiger partial charge in [0, 0.05) is 36.0 Å². The summed E-state index contributed by atoms with van der Waals surface area (Å²) in [5.41, 5.74) is -0.287. The van der Waals surface area contributed by atoms with Crippen LogP contribution in [0, 0.1) is 16.7 Å². The van der Waals surface area contributed by atoms with Crippen LogP contribution in [0.3, 0.4) is 0 Å². The molecule has 0 saturated carbocycles. The van der Waals surface area contributed by atoms with Gasteiger partial charge in [-0.2, -0.15) is 5.26 Å². The first kappa shape index (κ1) is 16.0. The van der Waals surface area contributed by atoms with Gasteiger partial charge in [0.15, 0.2) is 0 Å². The maximum Gasteiger partial charge on any atom is 0.227 e. The van der Waals surface area contributed by atoms with Crippen LogP contribution in [0.25, 0.3) is 0 Å². The van der Waals surface area contributed by atoms with Crippen LogP contribution in [0.4, 0.5) is 0 Å². The molecular weight excluding hydrogens is 282 g/mol. The smallest absolute Gasteiger partial charge is 0.227 e. The summed E-state index contributed by atoms with van der Waals surface area (Å²) in [6.07, 6.45) is 2.00. The van der Waals surface area contributed by atoms with E-state index in [2.05, 4.69) is 11.4 Å². The molecule has 0 aromatic carbocycles. The number of hydrogen-bond acceptors (Lipinski definition) is 4. The number of likely N-dealkylation sites (tertiary alicyclic amines) is 1. The highest BCUT2D eigenvalue weighted by Gasteiger charge is 2.30. The van der Waals surface area contributed by atoms with Gasteiger partial charge in [-0.1, -0.05) is 20.8 Å². The summed E-state index contributed by atoms with van der Waals surface area (Å²) >= 11 is 1.54. The minimum atomic E-state index is -0.287. The fourth-order valence-electron chi connectivity index (χ4n) is 2.54. The summed E-state index contributed by atoms with van der Waals surface area (Å²) in [6, 6.07) is 6.50. The van der Waals surface area contributed by atoms with Crippen LogP contribution in [0.1, 0.15) is 43.4 Å². The monoisotopic (exact) mass is 305 g/mol. The van der Waals surface area contributed by atoms with Gasteiger partial charge in [-0.15, -0.1) is 11.3 Å². The standard InChI is InChI=1S/C16H23N3OS/c1-16(2,3)15(20)19-8-6-12(7-9-19)18-11-14-5-4-13(10-17)21-14/h4-5,12,18H,6-9,11H2,1-3H3. The number of nitrogens with zero attached hydrogens (tertiary/aromatic N) is 2. The second-order valence-electron chi connectivity index (χ2n) is 6.58. The molecule has 21 heavy (non-hydrogen) atoms. The van der Waals surface area contributed by atoms with Crippen molar-refractivity contribution in [2.45, 2.75) is 46.2 Å². The van der Waals surface area contributed by atoms with Gasteiger partial charge in [-0.3, -0.25) is 4.79 Å². The van der Waals surface area contributed by atoms with E-state index in [1.165, 1.54) is 4.88 Å². The highest BCUT2D eigenvalue weighted by molar-refractivity contribution is 7.12. The number of amides is 1. The number of piperidine rings is 1. The first-order valence-electron chi connectivity index (χ1n) is 7.42. The molecule has 0 atom stereocenters. The number of carbonyl (C=O) groups excluding carboxylic acids is 1. The van der Waals surface area contributed by atoms with E-state index in [1.807, 2.05) is 37.8 Å². The van der Waals surface area contributed by atoms with Gasteiger partial charge >= 0.3 is 0 Å². The van der Waals surface area contributed by atoms with Crippen molar-refractivity contribution in [1.82, 2.24) is 10.2 Å². The lowest BCUT2D eigenvalue weighted by molar-refractivity contribution is -0.140. The zero-order valence-corrected chi connectivity index (χ0v) is 13.8. The average Bonchev–Trinajstić information content (AvgIpc) is 2.92. The number of rotatable bonds is 3. The Kier molecular flexibility index (Phi) is 5.02. The highest BCUT2D eigenvalue weighted by atomic mass is 32.1. The fraction of sp³-hybridized carbons (Fsp3) is 0.625. The van der Waals surface area contributed by atoms with E-state index in [9.17, 15) is 4.79 Å². The third-order valence-electron chi connectivity index (χ3n) is 3.76. The van der Waals surface area contributed by atoms with E-state index in [1.54, 1.807) is 11.3 Å². The molecule has 1 aliphatic rings. The first-order valence-corrected chi connectivity index (χ1v) is 8.23. The van der Waals surface area contributed by atoms with Crippen molar-refractivity contribution in [3.63, 3.8) is 0 Å². The Bertz CT molecular complexity index is 530. The molecule has 1 aromatic heterocycles. The summed E-state index contributed by atoms with van der Waals surface area (Å²) in [5.74, 6) is 0.248. The maximum absolute atomic E-state index is 12.2. The molecule has 0 bridgehead atoms. The molecule has 1 amide bonds. The van der Waals surface area contributed by atoms with Crippen LogP contribution < -0.4 is 5.32 Å². The Balaban J connectivity index is 1.77. The third kappa shape index (κ3) is 4.29. The summed E-state index contributed by atoms with van der Waals surface area (Å²) in [6.45, 7) is 8.41. The predicted molar refractivity (Wildman–Crippen MR) is 84.9 cm³/mol. The molecule has 0 aliphatic carbocycles. The van der Waals surface area contributed by atoms with Gasteiger partial charge < -0.3 is 10.2 Å². The minimum absolute atomic E-state index is 0.248. The van der Waals surface area contributed by atoms with Crippen LogP contribution in [-0.2, 0) is 11.3 Å². The van der Waals surface area contributed by atoms with Crippen LogP contribution in [0.2, 0.25) is 0 Å². The Morgan fingerprint density at radius 2 is 2.10 bits per heavy atom. The van der Waals surface area contributed by atoms with Gasteiger partial charge in [0.2, 0.25) is 5.91 Å². The Morgan fingerprint density at radius 3 is 2.62 bits per heavy atom. The van der Waals surface area contributed by atoms with Crippen molar-refractivity contribution in [1.29, 1.82) is 5.26 Å². The van der Waals surface area contributed by atoms with Gasteiger partial charge in [0.05, 0.1) is 0 Å². The topological polar surface area (TPSA) is 56.1 Å². The van der Waals surface area contributed by atoms with Gasteiger partial charge in [-0.05, 0) is 25.0 Å². The van der Waals surface area contributed by atoms with Gasteiger partial charge in [0.1, 0.15) is 10.9 Å². The Morgan fingerprint density at radius 1 is 1.43 bits per heavy atom. The van der Waals surface area contributed by atoms with Crippen molar-refractivity contribution in [2.75, 3.05) is 13.1 Å². The molecule has 2 rings (SSSR count). The molecule has 0 spiro atoms. The minimum Gasteiger partial charge on any atom is -0.342 e. The molecule has 4 nitrogen and oxygen atoms in total. The van der Waals surface area contributed by atoms with Gasteiger partial charge in [0.25, 0.3) is 0 Å². The summed E-state index contributed by atoms with van der Waals surface area (Å²) < 4.78 is 0. The molecule has 5 heteroatoms.